The molecule has 1 atom stereocenters. The maximum absolute atomic E-state index is 10.2. The Morgan fingerprint density at radius 1 is 1.47 bits per heavy atom. The molecule has 4 heteroatoms. The molecule has 0 radical (unpaired) electrons. The van der Waals surface area contributed by atoms with Crippen molar-refractivity contribution in [2.45, 2.75) is 25.9 Å². The molecule has 0 aliphatic carbocycles. The van der Waals surface area contributed by atoms with Crippen molar-refractivity contribution in [3.8, 4) is 0 Å². The number of furan rings is 1. The minimum Gasteiger partial charge on any atom is -0.469 e. The van der Waals surface area contributed by atoms with Gasteiger partial charge in [-0.2, -0.15) is 0 Å². The summed E-state index contributed by atoms with van der Waals surface area (Å²) in [5.41, 5.74) is 1.72. The highest BCUT2D eigenvalue weighted by molar-refractivity contribution is 6.31. The van der Waals surface area contributed by atoms with E-state index in [1.807, 2.05) is 13.0 Å². The fourth-order valence-corrected chi connectivity index (χ4v) is 2.02. The summed E-state index contributed by atoms with van der Waals surface area (Å²) in [6, 6.07) is 3.62. The van der Waals surface area contributed by atoms with Crippen molar-refractivity contribution in [1.82, 2.24) is 4.98 Å². The summed E-state index contributed by atoms with van der Waals surface area (Å²) in [7, 11) is 0. The third-order valence-electron chi connectivity index (χ3n) is 2.73. The van der Waals surface area contributed by atoms with E-state index >= 15 is 0 Å². The van der Waals surface area contributed by atoms with E-state index < -0.39 is 6.10 Å². The van der Waals surface area contributed by atoms with Gasteiger partial charge in [0.15, 0.2) is 0 Å². The lowest BCUT2D eigenvalue weighted by molar-refractivity contribution is 0.176. The fourth-order valence-electron chi connectivity index (χ4n) is 1.82. The molecular formula is C13H14ClNO2. The molecule has 2 aromatic rings. The van der Waals surface area contributed by atoms with Gasteiger partial charge in [-0.3, -0.25) is 4.98 Å². The molecule has 0 saturated carbocycles. The van der Waals surface area contributed by atoms with Gasteiger partial charge in [0.2, 0.25) is 0 Å². The van der Waals surface area contributed by atoms with Crippen LogP contribution in [0.1, 0.15) is 29.9 Å². The van der Waals surface area contributed by atoms with E-state index in [4.69, 9.17) is 16.0 Å². The number of hydrogen-bond donors (Lipinski definition) is 1. The van der Waals surface area contributed by atoms with Crippen LogP contribution in [0.5, 0.6) is 0 Å². The van der Waals surface area contributed by atoms with Crippen molar-refractivity contribution < 1.29 is 9.52 Å². The Morgan fingerprint density at radius 3 is 3.00 bits per heavy atom. The van der Waals surface area contributed by atoms with Gasteiger partial charge in [-0.05, 0) is 17.7 Å². The number of aliphatic hydroxyl groups excluding tert-OH is 1. The summed E-state index contributed by atoms with van der Waals surface area (Å²) in [5, 5.41) is 10.7. The standard InChI is InChI=1S/C13H14ClNO2/c1-2-13-10(4-6-17-13)12(16)7-9-3-5-15-8-11(9)14/h3-6,8,12,16H,2,7H2,1H3. The zero-order valence-corrected chi connectivity index (χ0v) is 10.3. The van der Waals surface area contributed by atoms with Crippen LogP contribution in [0.3, 0.4) is 0 Å². The molecule has 17 heavy (non-hydrogen) atoms. The van der Waals surface area contributed by atoms with E-state index in [0.717, 1.165) is 23.3 Å². The van der Waals surface area contributed by atoms with Crippen LogP contribution in [0, 0.1) is 0 Å². The molecule has 0 spiro atoms. The molecule has 3 nitrogen and oxygen atoms in total. The minimum atomic E-state index is -0.594. The van der Waals surface area contributed by atoms with Gasteiger partial charge >= 0.3 is 0 Å². The van der Waals surface area contributed by atoms with Crippen LogP contribution in [0.25, 0.3) is 0 Å². The first kappa shape index (κ1) is 12.1. The molecule has 0 saturated heterocycles. The molecule has 1 N–H and O–H groups in total. The van der Waals surface area contributed by atoms with Gasteiger partial charge in [-0.1, -0.05) is 18.5 Å². The molecule has 90 valence electrons. The third-order valence-corrected chi connectivity index (χ3v) is 3.07. The first-order valence-corrected chi connectivity index (χ1v) is 5.93. The van der Waals surface area contributed by atoms with Crippen molar-refractivity contribution in [2.75, 3.05) is 0 Å². The number of aryl methyl sites for hydroxylation is 1. The highest BCUT2D eigenvalue weighted by Gasteiger charge is 2.16. The van der Waals surface area contributed by atoms with E-state index in [2.05, 4.69) is 4.98 Å². The summed E-state index contributed by atoms with van der Waals surface area (Å²) in [5.74, 6) is 0.822. The van der Waals surface area contributed by atoms with E-state index in [1.165, 1.54) is 0 Å². The second-order valence-corrected chi connectivity index (χ2v) is 4.25. The summed E-state index contributed by atoms with van der Waals surface area (Å²) in [6.45, 7) is 1.99. The highest BCUT2D eigenvalue weighted by Crippen LogP contribution is 2.25. The predicted octanol–water partition coefficient (Wildman–Crippen LogP) is 3.17. The van der Waals surface area contributed by atoms with Gasteiger partial charge in [0.25, 0.3) is 0 Å². The Bertz CT molecular complexity index is 496. The highest BCUT2D eigenvalue weighted by atomic mass is 35.5. The topological polar surface area (TPSA) is 46.3 Å². The number of pyridine rings is 1. The fraction of sp³-hybridized carbons (Fsp3) is 0.308. The van der Waals surface area contributed by atoms with Crippen LogP contribution in [0.2, 0.25) is 5.02 Å². The average molecular weight is 252 g/mol. The zero-order chi connectivity index (χ0) is 12.3. The van der Waals surface area contributed by atoms with Crippen molar-refractivity contribution in [3.63, 3.8) is 0 Å². The quantitative estimate of drug-likeness (QED) is 0.908. The Kier molecular flexibility index (Phi) is 3.82. The molecule has 0 amide bonds. The van der Waals surface area contributed by atoms with Crippen LogP contribution in [-0.2, 0) is 12.8 Å². The molecule has 2 aromatic heterocycles. The number of halogens is 1. The van der Waals surface area contributed by atoms with Gasteiger partial charge in [-0.25, -0.2) is 0 Å². The second kappa shape index (κ2) is 5.34. The maximum Gasteiger partial charge on any atom is 0.109 e. The Morgan fingerprint density at radius 2 is 2.29 bits per heavy atom. The van der Waals surface area contributed by atoms with E-state index in [0.29, 0.717) is 11.4 Å². The number of aromatic nitrogens is 1. The molecular weight excluding hydrogens is 238 g/mol. The SMILES string of the molecule is CCc1occc1C(O)Cc1ccncc1Cl. The molecule has 2 rings (SSSR count). The molecule has 1 unspecified atom stereocenters. The van der Waals surface area contributed by atoms with Crippen LogP contribution in [0.4, 0.5) is 0 Å². The Labute approximate surface area is 105 Å². The zero-order valence-electron chi connectivity index (χ0n) is 9.56. The molecule has 0 bridgehead atoms. The normalized spacial score (nSPS) is 12.6. The van der Waals surface area contributed by atoms with Gasteiger partial charge in [0, 0.05) is 30.8 Å². The summed E-state index contributed by atoms with van der Waals surface area (Å²) < 4.78 is 5.30. The molecule has 0 aliphatic rings. The molecule has 0 aliphatic heterocycles. The number of aliphatic hydroxyl groups is 1. The lowest BCUT2D eigenvalue weighted by Crippen LogP contribution is -2.03. The lowest BCUT2D eigenvalue weighted by atomic mass is 10.0. The Hall–Kier alpha value is -1.32. The minimum absolute atomic E-state index is 0.466. The van der Waals surface area contributed by atoms with Crippen LogP contribution in [0.15, 0.2) is 35.2 Å². The number of hydrogen-bond acceptors (Lipinski definition) is 3. The van der Waals surface area contributed by atoms with Crippen LogP contribution in [-0.4, -0.2) is 10.1 Å². The first-order chi connectivity index (χ1) is 8.22. The lowest BCUT2D eigenvalue weighted by Gasteiger charge is -2.11. The van der Waals surface area contributed by atoms with Crippen LogP contribution >= 0.6 is 11.6 Å². The van der Waals surface area contributed by atoms with Crippen molar-refractivity contribution in [1.29, 1.82) is 0 Å². The first-order valence-electron chi connectivity index (χ1n) is 5.55. The maximum atomic E-state index is 10.2. The molecule has 0 aromatic carbocycles. The summed E-state index contributed by atoms with van der Waals surface area (Å²) >= 11 is 6.01. The molecule has 0 fully saturated rings. The summed E-state index contributed by atoms with van der Waals surface area (Å²) in [4.78, 5) is 3.92. The largest absolute Gasteiger partial charge is 0.469 e. The smallest absolute Gasteiger partial charge is 0.109 e. The number of nitrogens with zero attached hydrogens (tertiary/aromatic N) is 1. The second-order valence-electron chi connectivity index (χ2n) is 3.84. The van der Waals surface area contributed by atoms with Crippen molar-refractivity contribution >= 4 is 11.6 Å². The van der Waals surface area contributed by atoms with E-state index in [1.54, 1.807) is 24.7 Å². The van der Waals surface area contributed by atoms with Crippen molar-refractivity contribution in [3.05, 3.63) is 52.7 Å². The summed E-state index contributed by atoms with van der Waals surface area (Å²) in [6.07, 6.45) is 5.50. The van der Waals surface area contributed by atoms with E-state index in [-0.39, 0.29) is 0 Å². The van der Waals surface area contributed by atoms with Crippen LogP contribution < -0.4 is 0 Å². The van der Waals surface area contributed by atoms with Crippen molar-refractivity contribution in [2.24, 2.45) is 0 Å². The molecule has 2 heterocycles. The number of rotatable bonds is 4. The average Bonchev–Trinajstić information content (AvgIpc) is 2.80. The van der Waals surface area contributed by atoms with Gasteiger partial charge in [0.1, 0.15) is 5.76 Å². The third kappa shape index (κ3) is 2.68. The van der Waals surface area contributed by atoms with Gasteiger partial charge in [-0.15, -0.1) is 0 Å². The Balaban J connectivity index is 2.17. The monoisotopic (exact) mass is 251 g/mol. The predicted molar refractivity (Wildman–Crippen MR) is 66.0 cm³/mol. The van der Waals surface area contributed by atoms with Gasteiger partial charge in [0.05, 0.1) is 17.4 Å². The van der Waals surface area contributed by atoms with E-state index in [9.17, 15) is 5.11 Å². The van der Waals surface area contributed by atoms with Gasteiger partial charge < -0.3 is 9.52 Å².